The third-order valence-corrected chi connectivity index (χ3v) is 3.97. The average molecular weight is 294 g/mol. The minimum Gasteiger partial charge on any atom is -0.310 e. The molecule has 1 N–H and O–H groups in total. The number of halogens is 2. The Hall–Kier alpha value is -1.39. The fourth-order valence-corrected chi connectivity index (χ4v) is 2.37. The van der Waals surface area contributed by atoms with Crippen molar-refractivity contribution in [2.45, 2.75) is 38.9 Å². The van der Waals surface area contributed by atoms with E-state index >= 15 is 0 Å². The van der Waals surface area contributed by atoms with Gasteiger partial charge in [0.15, 0.2) is 0 Å². The largest absolute Gasteiger partial charge is 0.310 e. The van der Waals surface area contributed by atoms with Crippen molar-refractivity contribution in [2.75, 3.05) is 0 Å². The summed E-state index contributed by atoms with van der Waals surface area (Å²) in [5.41, 5.74) is 3.30. The van der Waals surface area contributed by atoms with E-state index in [2.05, 4.69) is 17.3 Å². The molecular formula is C15H17ClFN3. The van der Waals surface area contributed by atoms with Gasteiger partial charge in [0.25, 0.3) is 0 Å². The summed E-state index contributed by atoms with van der Waals surface area (Å²) in [4.78, 5) is 0. The lowest BCUT2D eigenvalue weighted by Crippen LogP contribution is -2.16. The number of nitrogens with zero attached hydrogens (tertiary/aromatic N) is 2. The molecule has 0 aliphatic heterocycles. The van der Waals surface area contributed by atoms with Crippen molar-refractivity contribution in [3.63, 3.8) is 0 Å². The first-order chi connectivity index (χ1) is 9.63. The number of hydrogen-bond acceptors (Lipinski definition) is 2. The van der Waals surface area contributed by atoms with Gasteiger partial charge < -0.3 is 5.32 Å². The summed E-state index contributed by atoms with van der Waals surface area (Å²) >= 11 is 5.80. The van der Waals surface area contributed by atoms with Crippen molar-refractivity contribution in [3.05, 3.63) is 52.1 Å². The summed E-state index contributed by atoms with van der Waals surface area (Å²) in [5.74, 6) is -0.387. The lowest BCUT2D eigenvalue weighted by Gasteiger charge is -2.07. The minimum atomic E-state index is -0.387. The van der Waals surface area contributed by atoms with E-state index < -0.39 is 0 Å². The SMILES string of the molecule is Cc1c(CNC2CC2)cnn1Cc1ccc(F)c(Cl)c1. The molecule has 2 aromatic rings. The molecule has 0 saturated heterocycles. The Kier molecular flexibility index (Phi) is 3.76. The van der Waals surface area contributed by atoms with Crippen molar-refractivity contribution in [3.8, 4) is 0 Å². The van der Waals surface area contributed by atoms with Crippen LogP contribution >= 0.6 is 11.6 Å². The molecule has 1 saturated carbocycles. The van der Waals surface area contributed by atoms with Gasteiger partial charge in [0, 0.05) is 23.8 Å². The molecule has 106 valence electrons. The Bertz CT molecular complexity index is 620. The molecular weight excluding hydrogens is 277 g/mol. The van der Waals surface area contributed by atoms with E-state index in [-0.39, 0.29) is 10.8 Å². The van der Waals surface area contributed by atoms with Gasteiger partial charge in [-0.15, -0.1) is 0 Å². The lowest BCUT2D eigenvalue weighted by atomic mass is 10.2. The van der Waals surface area contributed by atoms with Gasteiger partial charge in [0.1, 0.15) is 5.82 Å². The lowest BCUT2D eigenvalue weighted by molar-refractivity contribution is 0.623. The maximum atomic E-state index is 13.1. The predicted octanol–water partition coefficient (Wildman–Crippen LogP) is 3.28. The van der Waals surface area contributed by atoms with Gasteiger partial charge in [-0.1, -0.05) is 17.7 Å². The summed E-state index contributed by atoms with van der Waals surface area (Å²) in [7, 11) is 0. The van der Waals surface area contributed by atoms with Crippen LogP contribution in [-0.2, 0) is 13.1 Å². The first-order valence-electron chi connectivity index (χ1n) is 6.82. The normalized spacial score (nSPS) is 14.8. The van der Waals surface area contributed by atoms with E-state index in [1.54, 1.807) is 12.1 Å². The number of rotatable bonds is 5. The molecule has 0 spiro atoms. The molecule has 0 unspecified atom stereocenters. The van der Waals surface area contributed by atoms with Gasteiger partial charge in [-0.05, 0) is 37.5 Å². The maximum Gasteiger partial charge on any atom is 0.141 e. The number of hydrogen-bond donors (Lipinski definition) is 1. The Labute approximate surface area is 122 Å². The van der Waals surface area contributed by atoms with Crippen molar-refractivity contribution in [1.29, 1.82) is 0 Å². The van der Waals surface area contributed by atoms with E-state index in [1.807, 2.05) is 10.9 Å². The van der Waals surface area contributed by atoms with Crippen LogP contribution < -0.4 is 5.32 Å². The van der Waals surface area contributed by atoms with Gasteiger partial charge in [-0.25, -0.2) is 4.39 Å². The van der Waals surface area contributed by atoms with Crippen molar-refractivity contribution < 1.29 is 4.39 Å². The minimum absolute atomic E-state index is 0.155. The van der Waals surface area contributed by atoms with E-state index in [9.17, 15) is 4.39 Å². The third-order valence-electron chi connectivity index (χ3n) is 3.68. The van der Waals surface area contributed by atoms with Crippen LogP contribution in [0.5, 0.6) is 0 Å². The van der Waals surface area contributed by atoms with Crippen LogP contribution in [-0.4, -0.2) is 15.8 Å². The second kappa shape index (κ2) is 5.54. The van der Waals surface area contributed by atoms with Crippen LogP contribution in [0.4, 0.5) is 4.39 Å². The first-order valence-corrected chi connectivity index (χ1v) is 7.20. The summed E-state index contributed by atoms with van der Waals surface area (Å²) in [6.07, 6.45) is 4.46. The number of aromatic nitrogens is 2. The van der Waals surface area contributed by atoms with Crippen LogP contribution in [0.3, 0.4) is 0 Å². The number of nitrogens with one attached hydrogen (secondary N) is 1. The molecule has 1 fully saturated rings. The second-order valence-electron chi connectivity index (χ2n) is 5.32. The monoisotopic (exact) mass is 293 g/mol. The summed E-state index contributed by atoms with van der Waals surface area (Å²) in [5, 5.41) is 8.04. The zero-order valence-corrected chi connectivity index (χ0v) is 12.1. The Morgan fingerprint density at radius 1 is 1.45 bits per heavy atom. The highest BCUT2D eigenvalue weighted by molar-refractivity contribution is 6.30. The molecule has 5 heteroatoms. The van der Waals surface area contributed by atoms with Crippen molar-refractivity contribution in [2.24, 2.45) is 0 Å². The van der Waals surface area contributed by atoms with Crippen LogP contribution in [0.15, 0.2) is 24.4 Å². The van der Waals surface area contributed by atoms with Crippen molar-refractivity contribution >= 4 is 11.6 Å². The molecule has 3 nitrogen and oxygen atoms in total. The highest BCUT2D eigenvalue weighted by Gasteiger charge is 2.20. The molecule has 0 radical (unpaired) electrons. The predicted molar refractivity (Wildman–Crippen MR) is 77.3 cm³/mol. The average Bonchev–Trinajstić information content (AvgIpc) is 3.19. The van der Waals surface area contributed by atoms with Gasteiger partial charge in [0.2, 0.25) is 0 Å². The fourth-order valence-electron chi connectivity index (χ4n) is 2.17. The van der Waals surface area contributed by atoms with Gasteiger partial charge >= 0.3 is 0 Å². The molecule has 1 aliphatic rings. The molecule has 0 atom stereocenters. The Balaban J connectivity index is 1.71. The van der Waals surface area contributed by atoms with E-state index in [1.165, 1.54) is 24.5 Å². The van der Waals surface area contributed by atoms with Gasteiger partial charge in [-0.3, -0.25) is 4.68 Å². The molecule has 3 rings (SSSR count). The molecule has 1 aromatic carbocycles. The maximum absolute atomic E-state index is 13.1. The Morgan fingerprint density at radius 2 is 2.25 bits per heavy atom. The van der Waals surface area contributed by atoms with Crippen molar-refractivity contribution in [1.82, 2.24) is 15.1 Å². The van der Waals surface area contributed by atoms with Crippen LogP contribution in [0.2, 0.25) is 5.02 Å². The van der Waals surface area contributed by atoms with Gasteiger partial charge in [-0.2, -0.15) is 5.10 Å². The quantitative estimate of drug-likeness (QED) is 0.917. The third kappa shape index (κ3) is 3.02. The molecule has 0 bridgehead atoms. The first kappa shape index (κ1) is 13.6. The molecule has 20 heavy (non-hydrogen) atoms. The standard InChI is InChI=1S/C15H17ClFN3/c1-10-12(7-18-13-3-4-13)8-19-20(10)9-11-2-5-15(17)14(16)6-11/h2,5-6,8,13,18H,3-4,7,9H2,1H3. The zero-order chi connectivity index (χ0) is 14.1. The molecule has 0 amide bonds. The summed E-state index contributed by atoms with van der Waals surface area (Å²) in [6, 6.07) is 5.48. The molecule has 1 aromatic heterocycles. The van der Waals surface area contributed by atoms with E-state index in [0.29, 0.717) is 12.6 Å². The van der Waals surface area contributed by atoms with Gasteiger partial charge in [0.05, 0.1) is 17.8 Å². The summed E-state index contributed by atoms with van der Waals surface area (Å²) < 4.78 is 15.1. The second-order valence-corrected chi connectivity index (χ2v) is 5.72. The van der Waals surface area contributed by atoms with E-state index in [0.717, 1.165) is 17.8 Å². The smallest absolute Gasteiger partial charge is 0.141 e. The number of benzene rings is 1. The summed E-state index contributed by atoms with van der Waals surface area (Å²) in [6.45, 7) is 3.53. The molecule has 1 heterocycles. The fraction of sp³-hybridized carbons (Fsp3) is 0.400. The Morgan fingerprint density at radius 3 is 2.95 bits per heavy atom. The van der Waals surface area contributed by atoms with Crippen LogP contribution in [0.1, 0.15) is 29.7 Å². The van der Waals surface area contributed by atoms with Crippen LogP contribution in [0, 0.1) is 12.7 Å². The van der Waals surface area contributed by atoms with Crippen LogP contribution in [0.25, 0.3) is 0 Å². The zero-order valence-electron chi connectivity index (χ0n) is 11.4. The molecule has 1 aliphatic carbocycles. The topological polar surface area (TPSA) is 29.9 Å². The highest BCUT2D eigenvalue weighted by atomic mass is 35.5. The van der Waals surface area contributed by atoms with E-state index in [4.69, 9.17) is 11.6 Å². The highest BCUT2D eigenvalue weighted by Crippen LogP contribution is 2.20.